The Kier molecular flexibility index (Phi) is 3.05. The van der Waals surface area contributed by atoms with Gasteiger partial charge in [-0.25, -0.2) is 0 Å². The predicted octanol–water partition coefficient (Wildman–Crippen LogP) is 1.20. The molecule has 1 amide bonds. The van der Waals surface area contributed by atoms with Gasteiger partial charge in [0.1, 0.15) is 0 Å². The molecule has 98 valence electrons. The SMILES string of the molecule is COc1ccc(C2CC(=O)Nc3nc(N)[se]c32)cc1. The van der Waals surface area contributed by atoms with Gasteiger partial charge in [-0.15, -0.1) is 0 Å². The number of carbonyl (C=O) groups excluding carboxylic acids is 1. The number of nitrogens with two attached hydrogens (primary N) is 1. The van der Waals surface area contributed by atoms with E-state index in [1.165, 1.54) is 0 Å². The van der Waals surface area contributed by atoms with Crippen LogP contribution in [-0.2, 0) is 4.79 Å². The Morgan fingerprint density at radius 2 is 2.16 bits per heavy atom. The van der Waals surface area contributed by atoms with Crippen LogP contribution in [0.3, 0.4) is 0 Å². The molecule has 2 heterocycles. The van der Waals surface area contributed by atoms with Crippen molar-refractivity contribution in [2.24, 2.45) is 0 Å². The van der Waals surface area contributed by atoms with E-state index in [9.17, 15) is 4.79 Å². The fourth-order valence-electron chi connectivity index (χ4n) is 2.24. The first kappa shape index (κ1) is 12.3. The van der Waals surface area contributed by atoms with Crippen molar-refractivity contribution in [3.63, 3.8) is 0 Å². The molecule has 1 unspecified atom stereocenters. The van der Waals surface area contributed by atoms with Crippen molar-refractivity contribution in [2.45, 2.75) is 12.3 Å². The molecular weight excluding hydrogens is 309 g/mol. The van der Waals surface area contributed by atoms with Crippen molar-refractivity contribution in [2.75, 3.05) is 18.2 Å². The minimum absolute atomic E-state index is 0.00572. The zero-order valence-corrected chi connectivity index (χ0v) is 12.1. The van der Waals surface area contributed by atoms with Gasteiger partial charge in [0.15, 0.2) is 0 Å². The number of amides is 1. The third kappa shape index (κ3) is 2.25. The van der Waals surface area contributed by atoms with Crippen LogP contribution >= 0.6 is 0 Å². The number of hydrogen-bond acceptors (Lipinski definition) is 4. The van der Waals surface area contributed by atoms with Gasteiger partial charge in [-0.2, -0.15) is 0 Å². The molecular formula is C13H13N3O2Se. The topological polar surface area (TPSA) is 77.2 Å². The van der Waals surface area contributed by atoms with Crippen LogP contribution in [0.2, 0.25) is 0 Å². The second kappa shape index (κ2) is 4.72. The molecule has 0 saturated heterocycles. The summed E-state index contributed by atoms with van der Waals surface area (Å²) in [5.74, 6) is 1.55. The summed E-state index contributed by atoms with van der Waals surface area (Å²) in [4.78, 5) is 16.0. The summed E-state index contributed by atoms with van der Waals surface area (Å²) in [6.45, 7) is 0. The summed E-state index contributed by atoms with van der Waals surface area (Å²) in [6.07, 6.45) is 0.454. The first-order valence-electron chi connectivity index (χ1n) is 5.87. The predicted molar refractivity (Wildman–Crippen MR) is 73.7 cm³/mol. The molecule has 1 aliphatic rings. The summed E-state index contributed by atoms with van der Waals surface area (Å²) in [6, 6.07) is 7.82. The number of methoxy groups -OCH3 is 1. The Hall–Kier alpha value is -1.78. The van der Waals surface area contributed by atoms with Gasteiger partial charge in [-0.05, 0) is 0 Å². The molecule has 0 aliphatic carbocycles. The number of anilines is 2. The molecule has 0 saturated carbocycles. The van der Waals surface area contributed by atoms with Gasteiger partial charge in [-0.3, -0.25) is 0 Å². The third-order valence-electron chi connectivity index (χ3n) is 3.15. The number of nitrogens with zero attached hydrogens (tertiary/aromatic N) is 1. The average Bonchev–Trinajstić information content (AvgIpc) is 2.78. The van der Waals surface area contributed by atoms with Crippen LogP contribution in [0.15, 0.2) is 24.3 Å². The molecule has 1 aromatic heterocycles. The van der Waals surface area contributed by atoms with Crippen LogP contribution in [0.1, 0.15) is 22.3 Å². The Morgan fingerprint density at radius 1 is 1.42 bits per heavy atom. The van der Waals surface area contributed by atoms with E-state index in [0.29, 0.717) is 16.9 Å². The number of carbonyl (C=O) groups is 1. The van der Waals surface area contributed by atoms with E-state index in [0.717, 1.165) is 15.8 Å². The van der Waals surface area contributed by atoms with Crippen LogP contribution in [0.4, 0.5) is 10.5 Å². The number of benzene rings is 1. The van der Waals surface area contributed by atoms with Crippen LogP contribution < -0.4 is 15.8 Å². The van der Waals surface area contributed by atoms with Crippen molar-refractivity contribution >= 4 is 30.9 Å². The monoisotopic (exact) mass is 323 g/mol. The number of aromatic nitrogens is 1. The van der Waals surface area contributed by atoms with Crippen molar-refractivity contribution in [3.05, 3.63) is 34.3 Å². The van der Waals surface area contributed by atoms with Crippen LogP contribution in [0, 0.1) is 0 Å². The fourth-order valence-corrected chi connectivity index (χ4v) is 4.17. The van der Waals surface area contributed by atoms with Crippen LogP contribution in [-0.4, -0.2) is 32.5 Å². The summed E-state index contributed by atoms with van der Waals surface area (Å²) in [7, 11) is 1.64. The summed E-state index contributed by atoms with van der Waals surface area (Å²) < 4.78 is 6.94. The van der Waals surface area contributed by atoms with Crippen LogP contribution in [0.5, 0.6) is 5.75 Å². The van der Waals surface area contributed by atoms with E-state index in [4.69, 9.17) is 10.5 Å². The number of nitrogen functional groups attached to an aromatic ring is 1. The Morgan fingerprint density at radius 3 is 2.84 bits per heavy atom. The maximum absolute atomic E-state index is 11.7. The number of fused-ring (bicyclic) bond motifs is 1. The van der Waals surface area contributed by atoms with E-state index in [2.05, 4.69) is 10.3 Å². The number of rotatable bonds is 2. The molecule has 1 atom stereocenters. The first-order valence-corrected chi connectivity index (χ1v) is 7.58. The van der Waals surface area contributed by atoms with E-state index >= 15 is 0 Å². The molecule has 3 rings (SSSR count). The number of nitrogens with one attached hydrogen (secondary N) is 1. The van der Waals surface area contributed by atoms with Gasteiger partial charge in [0.2, 0.25) is 0 Å². The zero-order valence-electron chi connectivity index (χ0n) is 10.3. The van der Waals surface area contributed by atoms with Gasteiger partial charge in [0, 0.05) is 0 Å². The molecule has 19 heavy (non-hydrogen) atoms. The minimum atomic E-state index is -0.00572. The Balaban J connectivity index is 2.01. The molecule has 3 N–H and O–H groups in total. The van der Waals surface area contributed by atoms with Gasteiger partial charge in [0.25, 0.3) is 0 Å². The standard InChI is InChI=1S/C13H13N3O2Se/c1-18-8-4-2-7(3-5-8)9-6-10(17)15-12-11(9)19-13(14)16-12/h2-5,9H,6H2,1H3,(H2,14,16)(H,15,17). The van der Waals surface area contributed by atoms with E-state index in [-0.39, 0.29) is 26.3 Å². The van der Waals surface area contributed by atoms with Gasteiger partial charge in [0.05, 0.1) is 0 Å². The molecule has 5 nitrogen and oxygen atoms in total. The Labute approximate surface area is 116 Å². The fraction of sp³-hybridized carbons (Fsp3) is 0.231. The molecule has 2 aromatic rings. The van der Waals surface area contributed by atoms with Crippen molar-refractivity contribution in [1.29, 1.82) is 0 Å². The first-order chi connectivity index (χ1) is 9.17. The van der Waals surface area contributed by atoms with Crippen molar-refractivity contribution in [3.8, 4) is 5.75 Å². The van der Waals surface area contributed by atoms with E-state index in [1.54, 1.807) is 7.11 Å². The van der Waals surface area contributed by atoms with Gasteiger partial charge in [-0.1, -0.05) is 0 Å². The molecule has 0 spiro atoms. The van der Waals surface area contributed by atoms with Gasteiger partial charge >= 0.3 is 116 Å². The molecule has 6 heteroatoms. The summed E-state index contributed by atoms with van der Waals surface area (Å²) in [5, 5.41) is 2.80. The van der Waals surface area contributed by atoms with Crippen LogP contribution in [0.25, 0.3) is 0 Å². The van der Waals surface area contributed by atoms with E-state index < -0.39 is 0 Å². The third-order valence-corrected chi connectivity index (χ3v) is 5.25. The normalized spacial score (nSPS) is 17.7. The van der Waals surface area contributed by atoms with Crippen molar-refractivity contribution < 1.29 is 9.53 Å². The second-order valence-electron chi connectivity index (χ2n) is 4.34. The quantitative estimate of drug-likeness (QED) is 0.815. The molecule has 1 aliphatic heterocycles. The number of ether oxygens (including phenoxy) is 1. The van der Waals surface area contributed by atoms with Crippen molar-refractivity contribution in [1.82, 2.24) is 4.98 Å². The summed E-state index contributed by atoms with van der Waals surface area (Å²) in [5.41, 5.74) is 6.90. The zero-order chi connectivity index (χ0) is 13.4. The van der Waals surface area contributed by atoms with E-state index in [1.807, 2.05) is 24.3 Å². The number of hydrogen-bond donors (Lipinski definition) is 2. The maximum atomic E-state index is 11.7. The summed E-state index contributed by atoms with van der Waals surface area (Å²) >= 11 is 0.0353. The molecule has 0 bridgehead atoms. The molecule has 1 aromatic carbocycles. The molecule has 0 radical (unpaired) electrons. The molecule has 0 fully saturated rings. The second-order valence-corrected chi connectivity index (χ2v) is 6.57. The van der Waals surface area contributed by atoms with Gasteiger partial charge < -0.3 is 0 Å². The Bertz CT molecular complexity index is 621. The average molecular weight is 322 g/mol.